The van der Waals surface area contributed by atoms with Crippen molar-refractivity contribution in [1.82, 2.24) is 10.2 Å². The van der Waals surface area contributed by atoms with E-state index in [0.717, 1.165) is 44.2 Å². The summed E-state index contributed by atoms with van der Waals surface area (Å²) >= 11 is 0. The van der Waals surface area contributed by atoms with Crippen LogP contribution in [-0.2, 0) is 17.8 Å². The van der Waals surface area contributed by atoms with Crippen molar-refractivity contribution in [2.45, 2.75) is 46.3 Å². The summed E-state index contributed by atoms with van der Waals surface area (Å²) in [6.07, 6.45) is 1.05. The van der Waals surface area contributed by atoms with Gasteiger partial charge in [-0.2, -0.15) is 0 Å². The first-order valence-corrected chi connectivity index (χ1v) is 7.02. The van der Waals surface area contributed by atoms with Gasteiger partial charge in [-0.05, 0) is 26.5 Å². The first-order valence-electron chi connectivity index (χ1n) is 7.02. The average molecular weight is 268 g/mol. The van der Waals surface area contributed by atoms with Crippen LogP contribution in [0.5, 0.6) is 0 Å². The monoisotopic (exact) mass is 268 g/mol. The molecule has 0 aliphatic heterocycles. The minimum atomic E-state index is 0.495. The lowest BCUT2D eigenvalue weighted by molar-refractivity contribution is 0.175. The van der Waals surface area contributed by atoms with Gasteiger partial charge in [0.1, 0.15) is 11.5 Å². The Labute approximate surface area is 117 Å². The molecule has 0 unspecified atom stereocenters. The van der Waals surface area contributed by atoms with Crippen LogP contribution in [0.1, 0.15) is 37.4 Å². The minimum Gasteiger partial charge on any atom is -0.465 e. The fraction of sp³-hybridized carbons (Fsp3) is 0.733. The predicted molar refractivity (Wildman–Crippen MR) is 78.2 cm³/mol. The molecular formula is C15H28N2O2. The largest absolute Gasteiger partial charge is 0.465 e. The minimum absolute atomic E-state index is 0.495. The molecule has 0 radical (unpaired) electrons. The highest BCUT2D eigenvalue weighted by Gasteiger charge is 2.09. The Balaban J connectivity index is 2.43. The lowest BCUT2D eigenvalue weighted by atomic mass is 10.2. The van der Waals surface area contributed by atoms with E-state index in [1.54, 1.807) is 7.11 Å². The maximum atomic E-state index is 5.81. The topological polar surface area (TPSA) is 37.6 Å². The molecule has 0 aliphatic rings. The Morgan fingerprint density at radius 1 is 1.42 bits per heavy atom. The molecule has 19 heavy (non-hydrogen) atoms. The van der Waals surface area contributed by atoms with Gasteiger partial charge in [0.25, 0.3) is 0 Å². The summed E-state index contributed by atoms with van der Waals surface area (Å²) in [5.41, 5.74) is 1.26. The van der Waals surface area contributed by atoms with Crippen LogP contribution in [0.4, 0.5) is 0 Å². The zero-order valence-electron chi connectivity index (χ0n) is 13.0. The quantitative estimate of drug-likeness (QED) is 0.699. The number of furan rings is 1. The second-order valence-electron chi connectivity index (χ2n) is 5.41. The molecule has 0 bridgehead atoms. The van der Waals surface area contributed by atoms with Crippen LogP contribution in [0.2, 0.25) is 0 Å². The smallest absolute Gasteiger partial charge is 0.118 e. The van der Waals surface area contributed by atoms with E-state index in [-0.39, 0.29) is 0 Å². The van der Waals surface area contributed by atoms with Gasteiger partial charge >= 0.3 is 0 Å². The van der Waals surface area contributed by atoms with Gasteiger partial charge in [0.05, 0.1) is 6.54 Å². The van der Waals surface area contributed by atoms with Crippen molar-refractivity contribution < 1.29 is 9.15 Å². The number of hydrogen-bond acceptors (Lipinski definition) is 4. The van der Waals surface area contributed by atoms with E-state index >= 15 is 0 Å². The number of methoxy groups -OCH3 is 1. The van der Waals surface area contributed by atoms with Crippen LogP contribution in [-0.4, -0.2) is 38.3 Å². The molecule has 0 saturated carbocycles. The zero-order chi connectivity index (χ0) is 14.3. The standard InChI is InChI=1S/C15H28N2O2/c1-12(2)16-10-14-9-15(19-13(14)3)11-17(4)7-6-8-18-5/h9,12,16H,6-8,10-11H2,1-5H3. The Bertz CT molecular complexity index is 361. The Hall–Kier alpha value is -0.840. The lowest BCUT2D eigenvalue weighted by Gasteiger charge is -2.14. The molecule has 110 valence electrons. The van der Waals surface area contributed by atoms with Crippen molar-refractivity contribution in [2.75, 3.05) is 27.3 Å². The summed E-state index contributed by atoms with van der Waals surface area (Å²) in [7, 11) is 3.85. The highest BCUT2D eigenvalue weighted by Crippen LogP contribution is 2.16. The molecule has 4 heteroatoms. The van der Waals surface area contributed by atoms with E-state index in [2.05, 4.69) is 37.2 Å². The third-order valence-corrected chi connectivity index (χ3v) is 3.09. The fourth-order valence-electron chi connectivity index (χ4n) is 1.98. The third kappa shape index (κ3) is 6.23. The molecule has 0 spiro atoms. The van der Waals surface area contributed by atoms with E-state index in [4.69, 9.17) is 9.15 Å². The molecular weight excluding hydrogens is 240 g/mol. The van der Waals surface area contributed by atoms with Crippen LogP contribution in [0.15, 0.2) is 10.5 Å². The van der Waals surface area contributed by atoms with Gasteiger partial charge in [0.2, 0.25) is 0 Å². The van der Waals surface area contributed by atoms with Gasteiger partial charge in [0, 0.05) is 38.4 Å². The number of nitrogens with one attached hydrogen (secondary N) is 1. The van der Waals surface area contributed by atoms with Crippen molar-refractivity contribution >= 4 is 0 Å². The number of aryl methyl sites for hydroxylation is 1. The molecule has 0 saturated heterocycles. The van der Waals surface area contributed by atoms with Crippen molar-refractivity contribution in [2.24, 2.45) is 0 Å². The lowest BCUT2D eigenvalue weighted by Crippen LogP contribution is -2.22. The van der Waals surface area contributed by atoms with Gasteiger partial charge in [-0.15, -0.1) is 0 Å². The van der Waals surface area contributed by atoms with Gasteiger partial charge in [0.15, 0.2) is 0 Å². The highest BCUT2D eigenvalue weighted by molar-refractivity contribution is 5.20. The summed E-state index contributed by atoms with van der Waals surface area (Å²) in [6.45, 7) is 9.90. The maximum Gasteiger partial charge on any atom is 0.118 e. The van der Waals surface area contributed by atoms with Gasteiger partial charge < -0.3 is 14.5 Å². The molecule has 0 aromatic carbocycles. The SMILES string of the molecule is COCCCN(C)Cc1cc(CNC(C)C)c(C)o1. The normalized spacial score (nSPS) is 11.7. The van der Waals surface area contributed by atoms with Gasteiger partial charge in [-0.3, -0.25) is 4.90 Å². The Kier molecular flexibility index (Phi) is 7.13. The van der Waals surface area contributed by atoms with Crippen LogP contribution in [0.25, 0.3) is 0 Å². The second-order valence-corrected chi connectivity index (χ2v) is 5.41. The summed E-state index contributed by atoms with van der Waals surface area (Å²) in [4.78, 5) is 2.26. The van der Waals surface area contributed by atoms with Crippen molar-refractivity contribution in [3.05, 3.63) is 23.2 Å². The molecule has 0 atom stereocenters. The Morgan fingerprint density at radius 3 is 2.79 bits per heavy atom. The van der Waals surface area contributed by atoms with E-state index in [1.165, 1.54) is 5.56 Å². The third-order valence-electron chi connectivity index (χ3n) is 3.09. The first kappa shape index (κ1) is 16.2. The number of nitrogens with zero attached hydrogens (tertiary/aromatic N) is 1. The first-order chi connectivity index (χ1) is 9.02. The molecule has 1 heterocycles. The maximum absolute atomic E-state index is 5.81. The van der Waals surface area contributed by atoms with Gasteiger partial charge in [-0.1, -0.05) is 13.8 Å². The predicted octanol–water partition coefficient (Wildman–Crippen LogP) is 2.55. The molecule has 1 aromatic heterocycles. The van der Waals surface area contributed by atoms with E-state index in [9.17, 15) is 0 Å². The van der Waals surface area contributed by atoms with Crippen LogP contribution in [0, 0.1) is 6.92 Å². The van der Waals surface area contributed by atoms with Crippen molar-refractivity contribution in [3.8, 4) is 0 Å². The Morgan fingerprint density at radius 2 is 2.16 bits per heavy atom. The summed E-state index contributed by atoms with van der Waals surface area (Å²) in [6, 6.07) is 2.66. The van der Waals surface area contributed by atoms with E-state index in [0.29, 0.717) is 6.04 Å². The van der Waals surface area contributed by atoms with E-state index < -0.39 is 0 Å². The van der Waals surface area contributed by atoms with E-state index in [1.807, 2.05) is 6.92 Å². The molecule has 1 aromatic rings. The van der Waals surface area contributed by atoms with Crippen LogP contribution >= 0.6 is 0 Å². The summed E-state index contributed by atoms with van der Waals surface area (Å²) < 4.78 is 10.9. The van der Waals surface area contributed by atoms with Crippen LogP contribution in [0.3, 0.4) is 0 Å². The number of rotatable bonds is 9. The highest BCUT2D eigenvalue weighted by atomic mass is 16.5. The number of hydrogen-bond donors (Lipinski definition) is 1. The second kappa shape index (κ2) is 8.35. The zero-order valence-corrected chi connectivity index (χ0v) is 13.0. The van der Waals surface area contributed by atoms with Gasteiger partial charge in [-0.25, -0.2) is 0 Å². The fourth-order valence-corrected chi connectivity index (χ4v) is 1.98. The molecule has 4 nitrogen and oxygen atoms in total. The molecule has 0 amide bonds. The summed E-state index contributed by atoms with van der Waals surface area (Å²) in [5.74, 6) is 2.06. The molecule has 1 rings (SSSR count). The van der Waals surface area contributed by atoms with Crippen molar-refractivity contribution in [1.29, 1.82) is 0 Å². The van der Waals surface area contributed by atoms with Crippen molar-refractivity contribution in [3.63, 3.8) is 0 Å². The number of ether oxygens (including phenoxy) is 1. The van der Waals surface area contributed by atoms with Crippen LogP contribution < -0.4 is 5.32 Å². The molecule has 0 aliphatic carbocycles. The summed E-state index contributed by atoms with van der Waals surface area (Å²) in [5, 5.41) is 3.42. The molecule has 0 fully saturated rings. The molecule has 1 N–H and O–H groups in total. The average Bonchev–Trinajstić information content (AvgIpc) is 2.67.